The van der Waals surface area contributed by atoms with Gasteiger partial charge in [-0.25, -0.2) is 14.2 Å². The molecular weight excluding hydrogens is 567 g/mol. The van der Waals surface area contributed by atoms with Crippen LogP contribution in [-0.2, 0) is 15.9 Å². The van der Waals surface area contributed by atoms with E-state index in [2.05, 4.69) is 5.32 Å². The lowest BCUT2D eigenvalue weighted by Crippen LogP contribution is -2.44. The topological polar surface area (TPSA) is 127 Å². The Morgan fingerprint density at radius 1 is 0.977 bits per heavy atom. The zero-order valence-electron chi connectivity index (χ0n) is 26.7. The largest absolute Gasteiger partial charge is 0.493 e. The molecule has 44 heavy (non-hydrogen) atoms. The van der Waals surface area contributed by atoms with E-state index in [0.29, 0.717) is 33.9 Å². The molecule has 1 amide bonds. The number of aliphatic hydroxyl groups is 2. The monoisotopic (exact) mass is 610 g/mol. The van der Waals surface area contributed by atoms with Gasteiger partial charge < -0.3 is 29.7 Å². The second kappa shape index (κ2) is 13.7. The number of hydrogen-bond donors (Lipinski definition) is 3. The number of benzene rings is 2. The summed E-state index contributed by atoms with van der Waals surface area (Å²) >= 11 is 0. The van der Waals surface area contributed by atoms with Gasteiger partial charge in [-0.1, -0.05) is 0 Å². The summed E-state index contributed by atoms with van der Waals surface area (Å²) in [6.45, 7) is 12.1. The maximum absolute atomic E-state index is 13.7. The lowest BCUT2D eigenvalue weighted by Gasteiger charge is -2.31. The first-order chi connectivity index (χ1) is 20.4. The van der Waals surface area contributed by atoms with Gasteiger partial charge >= 0.3 is 6.09 Å². The Kier molecular flexibility index (Phi) is 10.8. The molecule has 238 valence electrons. The molecule has 10 heteroatoms. The van der Waals surface area contributed by atoms with Crippen LogP contribution in [0.2, 0.25) is 0 Å². The van der Waals surface area contributed by atoms with Gasteiger partial charge in [0.05, 0.1) is 30.1 Å². The highest BCUT2D eigenvalue weighted by molar-refractivity contribution is 5.96. The predicted molar refractivity (Wildman–Crippen MR) is 165 cm³/mol. The first-order valence-electron chi connectivity index (χ1n) is 14.4. The van der Waals surface area contributed by atoms with Gasteiger partial charge in [0.1, 0.15) is 23.6 Å². The number of hydrogen-bond acceptors (Lipinski definition) is 8. The van der Waals surface area contributed by atoms with Crippen molar-refractivity contribution >= 4 is 11.9 Å². The Morgan fingerprint density at radius 2 is 1.64 bits per heavy atom. The highest BCUT2D eigenvalue weighted by Crippen LogP contribution is 2.34. The van der Waals surface area contributed by atoms with E-state index in [1.165, 1.54) is 19.2 Å². The minimum atomic E-state index is -1.55. The number of alkyl carbamates (subject to hydrolysis) is 1. The first-order valence-corrected chi connectivity index (χ1v) is 14.4. The Morgan fingerprint density at radius 3 is 2.23 bits per heavy atom. The number of ether oxygens (including phenoxy) is 3. The van der Waals surface area contributed by atoms with Gasteiger partial charge in [-0.15, -0.1) is 0 Å². The smallest absolute Gasteiger partial charge is 0.408 e. The van der Waals surface area contributed by atoms with Crippen LogP contribution in [0.15, 0.2) is 54.6 Å². The van der Waals surface area contributed by atoms with E-state index >= 15 is 0 Å². The van der Waals surface area contributed by atoms with Gasteiger partial charge in [-0.05, 0) is 115 Å². The van der Waals surface area contributed by atoms with Gasteiger partial charge in [0, 0.05) is 17.5 Å². The van der Waals surface area contributed by atoms with Crippen molar-refractivity contribution < 1.29 is 38.4 Å². The summed E-state index contributed by atoms with van der Waals surface area (Å²) in [5, 5.41) is 24.0. The molecule has 3 rings (SSSR count). The van der Waals surface area contributed by atoms with Crippen molar-refractivity contribution in [1.82, 2.24) is 10.3 Å². The van der Waals surface area contributed by atoms with Crippen molar-refractivity contribution in [1.29, 1.82) is 0 Å². The first kappa shape index (κ1) is 34.5. The highest BCUT2D eigenvalue weighted by atomic mass is 19.1. The number of carbonyl (C=O) groups excluding carboxylic acids is 2. The third kappa shape index (κ3) is 9.49. The van der Waals surface area contributed by atoms with Gasteiger partial charge in [0.25, 0.3) is 0 Å². The Bertz CT molecular complexity index is 1460. The molecule has 0 saturated heterocycles. The zero-order valence-corrected chi connectivity index (χ0v) is 26.7. The van der Waals surface area contributed by atoms with Crippen LogP contribution in [0.25, 0.3) is 11.3 Å². The number of aromatic nitrogens is 1. The molecule has 0 fully saturated rings. The molecule has 1 heterocycles. The van der Waals surface area contributed by atoms with Crippen LogP contribution >= 0.6 is 0 Å². The number of aliphatic hydroxyl groups excluding tert-OH is 1. The third-order valence-corrected chi connectivity index (χ3v) is 6.86. The molecule has 0 bridgehead atoms. The molecule has 1 aromatic heterocycles. The lowest BCUT2D eigenvalue weighted by atomic mass is 9.87. The normalized spacial score (nSPS) is 13.9. The molecule has 0 aliphatic heterocycles. The van der Waals surface area contributed by atoms with E-state index in [1.807, 2.05) is 0 Å². The number of nitrogens with zero attached hydrogens (tertiary/aromatic N) is 1. The van der Waals surface area contributed by atoms with E-state index in [9.17, 15) is 24.2 Å². The van der Waals surface area contributed by atoms with Crippen LogP contribution in [0.1, 0.15) is 82.9 Å². The summed E-state index contributed by atoms with van der Waals surface area (Å²) in [7, 11) is 1.46. The number of pyridine rings is 1. The summed E-state index contributed by atoms with van der Waals surface area (Å²) in [5.74, 6) is 0.115. The quantitative estimate of drug-likeness (QED) is 0.204. The minimum Gasteiger partial charge on any atom is -0.493 e. The molecule has 2 atom stereocenters. The van der Waals surface area contributed by atoms with Crippen LogP contribution < -0.4 is 14.8 Å². The number of methoxy groups -OCH3 is 1. The molecule has 3 N–H and O–H groups in total. The summed E-state index contributed by atoms with van der Waals surface area (Å²) < 4.78 is 30.1. The fourth-order valence-corrected chi connectivity index (χ4v) is 4.37. The van der Waals surface area contributed by atoms with E-state index in [-0.39, 0.29) is 30.9 Å². The number of Topliss-reactive ketones (excluding diaryl/α,β-unsaturated/α-hetero) is 1. The molecule has 0 radical (unpaired) electrons. The van der Waals surface area contributed by atoms with E-state index < -0.39 is 34.8 Å². The lowest BCUT2D eigenvalue weighted by molar-refractivity contribution is 0.0394. The fourth-order valence-electron chi connectivity index (χ4n) is 4.37. The van der Waals surface area contributed by atoms with Crippen molar-refractivity contribution in [3.05, 3.63) is 77.2 Å². The second-order valence-electron chi connectivity index (χ2n) is 12.6. The summed E-state index contributed by atoms with van der Waals surface area (Å²) in [4.78, 5) is 30.5. The standard InChI is InChI=1S/C34H43FN2O7/c1-21(38)20-43-28-14-11-23(17-29(28)42-8)27(39)15-16-34(7,41)30-19-24(33(5,6)37-31(40)44-32(2,3)4)18-26(36-30)22-9-12-25(35)13-10-22/h9-14,17-19,21,38,41H,15-16,20H2,1-8H3,(H,37,40)/t21-,34?/m1/s1. The second-order valence-corrected chi connectivity index (χ2v) is 12.6. The minimum absolute atomic E-state index is 0.0125. The Labute approximate surface area is 258 Å². The molecule has 1 unspecified atom stereocenters. The molecule has 0 saturated carbocycles. The summed E-state index contributed by atoms with van der Waals surface area (Å²) in [6, 6.07) is 14.0. The number of amides is 1. The molecule has 0 aliphatic rings. The van der Waals surface area contributed by atoms with Crippen LogP contribution in [0.3, 0.4) is 0 Å². The van der Waals surface area contributed by atoms with Gasteiger partial charge in [0.2, 0.25) is 0 Å². The third-order valence-electron chi connectivity index (χ3n) is 6.86. The highest BCUT2D eigenvalue weighted by Gasteiger charge is 2.32. The average Bonchev–Trinajstić information content (AvgIpc) is 2.93. The van der Waals surface area contributed by atoms with Crippen LogP contribution in [0, 0.1) is 5.82 Å². The van der Waals surface area contributed by atoms with Crippen LogP contribution in [0.5, 0.6) is 11.5 Å². The number of nitrogens with one attached hydrogen (secondary N) is 1. The average molecular weight is 611 g/mol. The number of ketones is 1. The molecule has 9 nitrogen and oxygen atoms in total. The van der Waals surface area contributed by atoms with Gasteiger partial charge in [-0.2, -0.15) is 0 Å². The predicted octanol–water partition coefficient (Wildman–Crippen LogP) is 6.29. The Hall–Kier alpha value is -4.02. The van der Waals surface area contributed by atoms with E-state index in [4.69, 9.17) is 19.2 Å². The fraction of sp³-hybridized carbons (Fsp3) is 0.441. The SMILES string of the molecule is COc1cc(C(=O)CCC(C)(O)c2cc(C(C)(C)NC(=O)OC(C)(C)C)cc(-c3ccc(F)cc3)n2)ccc1OC[C@@H](C)O. The van der Waals surface area contributed by atoms with Gasteiger partial charge in [0.15, 0.2) is 17.3 Å². The molecule has 2 aromatic carbocycles. The van der Waals surface area contributed by atoms with Crippen molar-refractivity contribution in [2.75, 3.05) is 13.7 Å². The molecule has 0 spiro atoms. The van der Waals surface area contributed by atoms with Crippen molar-refractivity contribution in [3.63, 3.8) is 0 Å². The van der Waals surface area contributed by atoms with Crippen molar-refractivity contribution in [2.24, 2.45) is 0 Å². The van der Waals surface area contributed by atoms with Crippen molar-refractivity contribution in [2.45, 2.75) is 84.2 Å². The Balaban J connectivity index is 1.91. The van der Waals surface area contributed by atoms with Crippen LogP contribution in [-0.4, -0.2) is 52.5 Å². The maximum atomic E-state index is 13.7. The zero-order chi connectivity index (χ0) is 32.9. The number of halogens is 1. The maximum Gasteiger partial charge on any atom is 0.408 e. The summed E-state index contributed by atoms with van der Waals surface area (Å²) in [5.41, 5.74) is -0.855. The van der Waals surface area contributed by atoms with Crippen molar-refractivity contribution in [3.8, 4) is 22.8 Å². The molecule has 3 aromatic rings. The van der Waals surface area contributed by atoms with E-state index in [0.717, 1.165) is 0 Å². The molecule has 0 aliphatic carbocycles. The molecular formula is C34H43FN2O7. The van der Waals surface area contributed by atoms with Crippen LogP contribution in [0.4, 0.5) is 9.18 Å². The van der Waals surface area contributed by atoms with Gasteiger partial charge in [-0.3, -0.25) is 4.79 Å². The summed E-state index contributed by atoms with van der Waals surface area (Å²) in [6.07, 6.45) is -1.26. The van der Waals surface area contributed by atoms with E-state index in [1.54, 1.807) is 90.9 Å². The number of carbonyl (C=O) groups is 2. The number of rotatable bonds is 12.